The molecule has 1 fully saturated rings. The predicted molar refractivity (Wildman–Crippen MR) is 149 cm³/mol. The highest BCUT2D eigenvalue weighted by Gasteiger charge is 2.11. The first-order valence-corrected chi connectivity index (χ1v) is 13.0. The van der Waals surface area contributed by atoms with Crippen molar-refractivity contribution in [2.45, 2.75) is 25.7 Å². The van der Waals surface area contributed by atoms with Gasteiger partial charge in [-0.25, -0.2) is 4.98 Å². The minimum atomic E-state index is 0.453. The third-order valence-corrected chi connectivity index (χ3v) is 6.67. The van der Waals surface area contributed by atoms with Gasteiger partial charge in [-0.15, -0.1) is 0 Å². The molecule has 192 valence electrons. The van der Waals surface area contributed by atoms with Crippen LogP contribution in [0.4, 0.5) is 23.1 Å². The molecular formula is C28H31ClN6O2. The van der Waals surface area contributed by atoms with Crippen LogP contribution < -0.4 is 20.1 Å². The number of nitrogens with zero attached hydrogens (tertiary/aromatic N) is 4. The maximum absolute atomic E-state index is 6.33. The first kappa shape index (κ1) is 25.0. The number of pyridine rings is 1. The van der Waals surface area contributed by atoms with Crippen LogP contribution in [0.5, 0.6) is 11.5 Å². The Balaban J connectivity index is 1.20. The maximum Gasteiger partial charge on any atom is 0.229 e. The van der Waals surface area contributed by atoms with E-state index in [1.54, 1.807) is 25.6 Å². The smallest absolute Gasteiger partial charge is 0.229 e. The van der Waals surface area contributed by atoms with E-state index in [4.69, 9.17) is 21.1 Å². The van der Waals surface area contributed by atoms with Crippen LogP contribution in [0.25, 0.3) is 10.9 Å². The van der Waals surface area contributed by atoms with Crippen molar-refractivity contribution in [2.24, 2.45) is 0 Å². The molecular weight excluding hydrogens is 488 g/mol. The van der Waals surface area contributed by atoms with Crippen LogP contribution in [-0.2, 0) is 0 Å². The highest BCUT2D eigenvalue weighted by atomic mass is 35.5. The van der Waals surface area contributed by atoms with E-state index in [9.17, 15) is 0 Å². The van der Waals surface area contributed by atoms with Crippen LogP contribution in [0.3, 0.4) is 0 Å². The average molecular weight is 519 g/mol. The van der Waals surface area contributed by atoms with Gasteiger partial charge in [0.05, 0.1) is 36.1 Å². The Morgan fingerprint density at radius 2 is 1.84 bits per heavy atom. The molecule has 0 spiro atoms. The van der Waals surface area contributed by atoms with Gasteiger partial charge in [-0.2, -0.15) is 4.98 Å². The fraction of sp³-hybridized carbons (Fsp3) is 0.321. The number of likely N-dealkylation sites (tertiary alicyclic amines) is 1. The molecule has 0 radical (unpaired) electrons. The van der Waals surface area contributed by atoms with E-state index in [-0.39, 0.29) is 0 Å². The first-order chi connectivity index (χ1) is 18.2. The number of piperidine rings is 1. The summed E-state index contributed by atoms with van der Waals surface area (Å²) in [4.78, 5) is 15.9. The molecule has 0 bridgehead atoms. The molecule has 4 aromatic rings. The Labute approximate surface area is 222 Å². The molecule has 1 aliphatic heterocycles. The summed E-state index contributed by atoms with van der Waals surface area (Å²) in [5, 5.41) is 8.04. The lowest BCUT2D eigenvalue weighted by atomic mass is 10.1. The Hall–Kier alpha value is -3.62. The van der Waals surface area contributed by atoms with Gasteiger partial charge in [0.2, 0.25) is 5.95 Å². The highest BCUT2D eigenvalue weighted by molar-refractivity contribution is 6.35. The number of hydrogen-bond acceptors (Lipinski definition) is 8. The molecule has 1 aliphatic rings. The van der Waals surface area contributed by atoms with Crippen molar-refractivity contribution in [3.8, 4) is 11.5 Å². The summed E-state index contributed by atoms with van der Waals surface area (Å²) in [6, 6.07) is 15.1. The molecule has 9 heteroatoms. The van der Waals surface area contributed by atoms with E-state index in [1.165, 1.54) is 32.4 Å². The summed E-state index contributed by atoms with van der Waals surface area (Å²) < 4.78 is 11.6. The second kappa shape index (κ2) is 12.1. The number of halogens is 1. The molecule has 2 aromatic heterocycles. The van der Waals surface area contributed by atoms with Crippen LogP contribution >= 0.6 is 11.6 Å². The van der Waals surface area contributed by atoms with Crippen LogP contribution in [0.15, 0.2) is 60.9 Å². The number of aromatic nitrogens is 3. The zero-order valence-electron chi connectivity index (χ0n) is 20.9. The largest absolute Gasteiger partial charge is 0.493 e. The highest BCUT2D eigenvalue weighted by Crippen LogP contribution is 2.31. The lowest BCUT2D eigenvalue weighted by molar-refractivity contribution is 0.203. The van der Waals surface area contributed by atoms with Gasteiger partial charge in [0, 0.05) is 29.9 Å². The van der Waals surface area contributed by atoms with Crippen molar-refractivity contribution < 1.29 is 9.47 Å². The van der Waals surface area contributed by atoms with Gasteiger partial charge in [-0.1, -0.05) is 24.1 Å². The zero-order chi connectivity index (χ0) is 25.5. The van der Waals surface area contributed by atoms with E-state index in [0.29, 0.717) is 29.1 Å². The van der Waals surface area contributed by atoms with Crippen molar-refractivity contribution >= 4 is 45.6 Å². The number of fused-ring (bicyclic) bond motifs is 1. The lowest BCUT2D eigenvalue weighted by Gasteiger charge is -2.26. The Bertz CT molecular complexity index is 1350. The first-order valence-electron chi connectivity index (χ1n) is 12.6. The van der Waals surface area contributed by atoms with Gasteiger partial charge in [0.15, 0.2) is 11.5 Å². The second-order valence-corrected chi connectivity index (χ2v) is 9.42. The Morgan fingerprint density at radius 1 is 0.946 bits per heavy atom. The third kappa shape index (κ3) is 6.58. The molecule has 0 saturated carbocycles. The van der Waals surface area contributed by atoms with E-state index in [2.05, 4.69) is 30.5 Å². The Morgan fingerprint density at radius 3 is 2.70 bits per heavy atom. The van der Waals surface area contributed by atoms with Crippen LogP contribution in [0, 0.1) is 0 Å². The molecule has 0 unspecified atom stereocenters. The molecule has 0 atom stereocenters. The van der Waals surface area contributed by atoms with Crippen molar-refractivity contribution in [1.82, 2.24) is 19.9 Å². The summed E-state index contributed by atoms with van der Waals surface area (Å²) >= 11 is 6.33. The quantitative estimate of drug-likeness (QED) is 0.232. The minimum Gasteiger partial charge on any atom is -0.493 e. The van der Waals surface area contributed by atoms with E-state index in [1.807, 2.05) is 42.5 Å². The van der Waals surface area contributed by atoms with Gasteiger partial charge >= 0.3 is 0 Å². The normalized spacial score (nSPS) is 13.9. The van der Waals surface area contributed by atoms with Crippen molar-refractivity contribution in [3.63, 3.8) is 0 Å². The van der Waals surface area contributed by atoms with Crippen molar-refractivity contribution in [2.75, 3.05) is 44.0 Å². The number of nitrogens with one attached hydrogen (secondary N) is 2. The molecule has 0 aliphatic carbocycles. The summed E-state index contributed by atoms with van der Waals surface area (Å²) in [5.41, 5.74) is 2.42. The SMILES string of the molecule is COc1cc(Nc2nccc(Nc3cnc4cccc(Cl)c4c3)n2)ccc1OCCCN1CCCCC1. The molecule has 5 rings (SSSR count). The fourth-order valence-corrected chi connectivity index (χ4v) is 4.69. The van der Waals surface area contributed by atoms with Crippen LogP contribution in [0.1, 0.15) is 25.7 Å². The topological polar surface area (TPSA) is 84.4 Å². The van der Waals surface area contributed by atoms with Crippen molar-refractivity contribution in [3.05, 3.63) is 65.9 Å². The van der Waals surface area contributed by atoms with Crippen LogP contribution in [0.2, 0.25) is 5.02 Å². The maximum atomic E-state index is 6.33. The van der Waals surface area contributed by atoms with Gasteiger partial charge in [0.25, 0.3) is 0 Å². The molecule has 1 saturated heterocycles. The monoisotopic (exact) mass is 518 g/mol. The van der Waals surface area contributed by atoms with Gasteiger partial charge in [-0.05, 0) is 68.8 Å². The number of methoxy groups -OCH3 is 1. The van der Waals surface area contributed by atoms with Crippen LogP contribution in [-0.4, -0.2) is 53.2 Å². The average Bonchev–Trinajstić information content (AvgIpc) is 2.93. The second-order valence-electron chi connectivity index (χ2n) is 9.02. The van der Waals surface area contributed by atoms with Gasteiger partial charge < -0.3 is 25.0 Å². The molecule has 37 heavy (non-hydrogen) atoms. The summed E-state index contributed by atoms with van der Waals surface area (Å²) in [5.74, 6) is 2.47. The number of anilines is 4. The predicted octanol–water partition coefficient (Wildman–Crippen LogP) is 6.43. The molecule has 8 nitrogen and oxygen atoms in total. The molecule has 2 N–H and O–H groups in total. The summed E-state index contributed by atoms with van der Waals surface area (Å²) in [6.45, 7) is 4.14. The van der Waals surface area contributed by atoms with E-state index < -0.39 is 0 Å². The standard InChI is InChI=1S/C28H31ClN6O2/c1-36-26-18-20(9-10-25(26)37-16-6-15-35-13-3-2-4-14-35)33-28-30-12-11-27(34-28)32-21-17-22-23(29)7-5-8-24(22)31-19-21/h5,7-12,17-19H,2-4,6,13-16H2,1H3,(H2,30,32,33,34). The molecule has 2 aromatic carbocycles. The summed E-state index contributed by atoms with van der Waals surface area (Å²) in [6.07, 6.45) is 8.41. The number of hydrogen-bond donors (Lipinski definition) is 2. The zero-order valence-corrected chi connectivity index (χ0v) is 21.7. The minimum absolute atomic E-state index is 0.453. The molecule has 3 heterocycles. The lowest BCUT2D eigenvalue weighted by Crippen LogP contribution is -2.31. The van der Waals surface area contributed by atoms with Crippen molar-refractivity contribution in [1.29, 1.82) is 0 Å². The number of benzene rings is 2. The fourth-order valence-electron chi connectivity index (χ4n) is 4.46. The number of rotatable bonds is 10. The van der Waals surface area contributed by atoms with Gasteiger partial charge in [0.1, 0.15) is 5.82 Å². The molecule has 0 amide bonds. The van der Waals surface area contributed by atoms with Gasteiger partial charge in [-0.3, -0.25) is 4.98 Å². The third-order valence-electron chi connectivity index (χ3n) is 6.35. The summed E-state index contributed by atoms with van der Waals surface area (Å²) in [7, 11) is 1.64. The number of ether oxygens (including phenoxy) is 2. The van der Waals surface area contributed by atoms with E-state index in [0.717, 1.165) is 41.0 Å². The van der Waals surface area contributed by atoms with E-state index >= 15 is 0 Å². The Kier molecular flexibility index (Phi) is 8.18.